The molecule has 0 unspecified atom stereocenters. The van der Waals surface area contributed by atoms with Crippen LogP contribution in [0.25, 0.3) is 0 Å². The van der Waals surface area contributed by atoms with Crippen LogP contribution >= 0.6 is 0 Å². The van der Waals surface area contributed by atoms with Gasteiger partial charge >= 0.3 is 5.97 Å². The second kappa shape index (κ2) is 4.20. The maximum atomic E-state index is 11.9. The van der Waals surface area contributed by atoms with Crippen LogP contribution in [0.2, 0.25) is 0 Å². The lowest BCUT2D eigenvalue weighted by Gasteiger charge is -2.13. The molecule has 1 saturated carbocycles. The van der Waals surface area contributed by atoms with Crippen molar-refractivity contribution in [2.75, 3.05) is 5.32 Å². The number of carbonyl (C=O) groups excluding carboxylic acids is 1. The predicted octanol–water partition coefficient (Wildman–Crippen LogP) is 2.19. The average molecular weight is 233 g/mol. The number of carboxylic acids is 1. The van der Waals surface area contributed by atoms with E-state index in [0.29, 0.717) is 12.8 Å². The highest BCUT2D eigenvalue weighted by Gasteiger charge is 2.51. The average Bonchev–Trinajstić information content (AvgIpc) is 3.01. The van der Waals surface area contributed by atoms with Gasteiger partial charge in [0.25, 0.3) is 0 Å². The third kappa shape index (κ3) is 2.64. The second-order valence-electron chi connectivity index (χ2n) is 4.67. The molecule has 0 atom stereocenters. The Bertz CT molecular complexity index is 446. The summed E-state index contributed by atoms with van der Waals surface area (Å²) in [4.78, 5) is 22.6. The first kappa shape index (κ1) is 11.6. The van der Waals surface area contributed by atoms with E-state index in [0.717, 1.165) is 11.3 Å². The highest BCUT2D eigenvalue weighted by Crippen LogP contribution is 2.49. The van der Waals surface area contributed by atoms with Crippen molar-refractivity contribution in [2.45, 2.75) is 26.2 Å². The summed E-state index contributed by atoms with van der Waals surface area (Å²) in [6.45, 7) is 1.97. The first-order valence-corrected chi connectivity index (χ1v) is 5.62. The van der Waals surface area contributed by atoms with Crippen molar-refractivity contribution in [3.63, 3.8) is 0 Å². The highest BCUT2D eigenvalue weighted by atomic mass is 16.4. The Morgan fingerprint density at radius 2 is 1.88 bits per heavy atom. The lowest BCUT2D eigenvalue weighted by atomic mass is 10.0. The number of anilines is 1. The predicted molar refractivity (Wildman–Crippen MR) is 63.7 cm³/mol. The Hall–Kier alpha value is -1.84. The Kier molecular flexibility index (Phi) is 2.88. The molecule has 2 rings (SSSR count). The third-order valence-corrected chi connectivity index (χ3v) is 3.13. The third-order valence-electron chi connectivity index (χ3n) is 3.13. The van der Waals surface area contributed by atoms with E-state index in [4.69, 9.17) is 5.11 Å². The summed E-state index contributed by atoms with van der Waals surface area (Å²) >= 11 is 0. The minimum atomic E-state index is -0.915. The molecule has 0 aliphatic heterocycles. The van der Waals surface area contributed by atoms with Gasteiger partial charge in [0.1, 0.15) is 0 Å². The van der Waals surface area contributed by atoms with Crippen LogP contribution in [-0.2, 0) is 9.59 Å². The largest absolute Gasteiger partial charge is 0.481 e. The van der Waals surface area contributed by atoms with Gasteiger partial charge in [0.05, 0.1) is 11.8 Å². The van der Waals surface area contributed by atoms with Crippen LogP contribution in [0.3, 0.4) is 0 Å². The molecule has 17 heavy (non-hydrogen) atoms. The smallest absolute Gasteiger partial charge is 0.304 e. The fraction of sp³-hybridized carbons (Fsp3) is 0.385. The van der Waals surface area contributed by atoms with E-state index >= 15 is 0 Å². The van der Waals surface area contributed by atoms with Crippen LogP contribution in [0.15, 0.2) is 24.3 Å². The number of rotatable bonds is 4. The number of benzene rings is 1. The Morgan fingerprint density at radius 1 is 1.29 bits per heavy atom. The molecule has 1 amide bonds. The van der Waals surface area contributed by atoms with Gasteiger partial charge in [-0.3, -0.25) is 9.59 Å². The van der Waals surface area contributed by atoms with E-state index in [1.165, 1.54) is 0 Å². The molecule has 4 nitrogen and oxygen atoms in total. The van der Waals surface area contributed by atoms with Gasteiger partial charge < -0.3 is 10.4 Å². The minimum absolute atomic E-state index is 0.0787. The number of nitrogens with one attached hydrogen (secondary N) is 1. The molecular weight excluding hydrogens is 218 g/mol. The summed E-state index contributed by atoms with van der Waals surface area (Å²) in [6.07, 6.45) is 1.25. The van der Waals surface area contributed by atoms with Crippen LogP contribution in [-0.4, -0.2) is 17.0 Å². The number of carbonyl (C=O) groups is 2. The number of aryl methyl sites for hydroxylation is 1. The molecule has 0 bridgehead atoms. The van der Waals surface area contributed by atoms with Crippen LogP contribution in [0.4, 0.5) is 5.69 Å². The molecule has 0 aromatic heterocycles. The summed E-state index contributed by atoms with van der Waals surface area (Å²) in [7, 11) is 0. The summed E-state index contributed by atoms with van der Waals surface area (Å²) in [6, 6.07) is 7.47. The van der Waals surface area contributed by atoms with E-state index in [1.54, 1.807) is 0 Å². The molecule has 0 spiro atoms. The van der Waals surface area contributed by atoms with E-state index in [2.05, 4.69) is 5.32 Å². The number of carboxylic acid groups (broad SMARTS) is 1. The molecule has 90 valence electrons. The molecular formula is C13H15NO3. The lowest BCUT2D eigenvalue weighted by Crippen LogP contribution is -2.26. The number of amides is 1. The fourth-order valence-electron chi connectivity index (χ4n) is 1.83. The first-order chi connectivity index (χ1) is 8.02. The first-order valence-electron chi connectivity index (χ1n) is 5.62. The van der Waals surface area contributed by atoms with E-state index in [-0.39, 0.29) is 12.3 Å². The number of hydrogen-bond donors (Lipinski definition) is 2. The standard InChI is InChI=1S/C13H15NO3/c1-9-2-4-10(5-3-9)14-12(17)13(6-7-13)8-11(15)16/h2-5H,6-8H2,1H3,(H,14,17)(H,15,16). The molecule has 4 heteroatoms. The summed E-state index contributed by atoms with van der Waals surface area (Å²) < 4.78 is 0. The van der Waals surface area contributed by atoms with Crippen molar-refractivity contribution in [1.29, 1.82) is 0 Å². The molecule has 1 aliphatic carbocycles. The van der Waals surface area contributed by atoms with Gasteiger partial charge in [-0.25, -0.2) is 0 Å². The topological polar surface area (TPSA) is 66.4 Å². The summed E-state index contributed by atoms with van der Waals surface area (Å²) in [5.41, 5.74) is 1.17. The molecule has 0 saturated heterocycles. The number of hydrogen-bond acceptors (Lipinski definition) is 2. The quantitative estimate of drug-likeness (QED) is 0.837. The monoisotopic (exact) mass is 233 g/mol. The maximum absolute atomic E-state index is 11.9. The van der Waals surface area contributed by atoms with Gasteiger partial charge in [-0.1, -0.05) is 17.7 Å². The molecule has 1 aliphatic rings. The van der Waals surface area contributed by atoms with Gasteiger partial charge in [0, 0.05) is 5.69 Å². The van der Waals surface area contributed by atoms with Crippen molar-refractivity contribution in [1.82, 2.24) is 0 Å². The van der Waals surface area contributed by atoms with Gasteiger partial charge in [-0.15, -0.1) is 0 Å². The fourth-order valence-corrected chi connectivity index (χ4v) is 1.83. The molecule has 0 radical (unpaired) electrons. The molecule has 1 aromatic carbocycles. The zero-order valence-electron chi connectivity index (χ0n) is 9.69. The lowest BCUT2D eigenvalue weighted by molar-refractivity contribution is -0.140. The zero-order valence-corrected chi connectivity index (χ0v) is 9.69. The highest BCUT2D eigenvalue weighted by molar-refractivity contribution is 5.99. The van der Waals surface area contributed by atoms with Gasteiger partial charge in [0.15, 0.2) is 0 Å². The van der Waals surface area contributed by atoms with Crippen molar-refractivity contribution < 1.29 is 14.7 Å². The molecule has 0 heterocycles. The van der Waals surface area contributed by atoms with Crippen molar-refractivity contribution in [3.8, 4) is 0 Å². The summed E-state index contributed by atoms with van der Waals surface area (Å²) in [5, 5.41) is 11.5. The Morgan fingerprint density at radius 3 is 2.35 bits per heavy atom. The zero-order chi connectivity index (χ0) is 12.5. The summed E-state index contributed by atoms with van der Waals surface area (Å²) in [5.74, 6) is -1.09. The SMILES string of the molecule is Cc1ccc(NC(=O)C2(CC(=O)O)CC2)cc1. The Labute approximate surface area is 99.6 Å². The van der Waals surface area contributed by atoms with Gasteiger partial charge in [-0.05, 0) is 31.9 Å². The van der Waals surface area contributed by atoms with E-state index < -0.39 is 11.4 Å². The van der Waals surface area contributed by atoms with E-state index in [1.807, 2.05) is 31.2 Å². The minimum Gasteiger partial charge on any atom is -0.481 e. The van der Waals surface area contributed by atoms with Gasteiger partial charge in [-0.2, -0.15) is 0 Å². The molecule has 1 fully saturated rings. The molecule has 2 N–H and O–H groups in total. The van der Waals surface area contributed by atoms with Gasteiger partial charge in [0.2, 0.25) is 5.91 Å². The van der Waals surface area contributed by atoms with Crippen LogP contribution in [0.5, 0.6) is 0 Å². The van der Waals surface area contributed by atoms with Crippen LogP contribution in [0.1, 0.15) is 24.8 Å². The van der Waals surface area contributed by atoms with Crippen LogP contribution in [0, 0.1) is 12.3 Å². The second-order valence-corrected chi connectivity index (χ2v) is 4.67. The molecule has 1 aromatic rings. The van der Waals surface area contributed by atoms with Crippen molar-refractivity contribution in [2.24, 2.45) is 5.41 Å². The Balaban J connectivity index is 2.02. The van der Waals surface area contributed by atoms with E-state index in [9.17, 15) is 9.59 Å². The number of aliphatic carboxylic acids is 1. The van der Waals surface area contributed by atoms with Crippen molar-refractivity contribution >= 4 is 17.6 Å². The van der Waals surface area contributed by atoms with Crippen molar-refractivity contribution in [3.05, 3.63) is 29.8 Å². The van der Waals surface area contributed by atoms with Crippen LogP contribution < -0.4 is 5.32 Å². The normalized spacial score (nSPS) is 16.3. The maximum Gasteiger partial charge on any atom is 0.304 e.